The van der Waals surface area contributed by atoms with E-state index in [4.69, 9.17) is 4.74 Å². The fourth-order valence-corrected chi connectivity index (χ4v) is 1.49. The molecule has 0 N–H and O–H groups in total. The monoisotopic (exact) mass is 186 g/mol. The standard InChI is InChI=1S/C9H14O4/c1-3-13-8(11)9(5-4-6-9)7(10)12-2/h3-6H2,1-2H3. The molecule has 0 aromatic rings. The molecule has 74 valence electrons. The molecule has 1 rings (SSSR count). The summed E-state index contributed by atoms with van der Waals surface area (Å²) in [5.41, 5.74) is -0.981. The second-order valence-corrected chi connectivity index (χ2v) is 3.15. The third-order valence-electron chi connectivity index (χ3n) is 2.45. The van der Waals surface area contributed by atoms with Crippen LogP contribution >= 0.6 is 0 Å². The smallest absolute Gasteiger partial charge is 0.323 e. The molecule has 0 amide bonds. The summed E-state index contributed by atoms with van der Waals surface area (Å²) in [6.45, 7) is 2.03. The molecule has 4 nitrogen and oxygen atoms in total. The molecule has 0 radical (unpaired) electrons. The number of carbonyl (C=O) groups excluding carboxylic acids is 2. The predicted molar refractivity (Wildman–Crippen MR) is 44.9 cm³/mol. The van der Waals surface area contributed by atoms with Crippen molar-refractivity contribution in [1.82, 2.24) is 0 Å². The number of hydrogen-bond acceptors (Lipinski definition) is 4. The zero-order chi connectivity index (χ0) is 9.90. The van der Waals surface area contributed by atoms with E-state index in [2.05, 4.69) is 4.74 Å². The van der Waals surface area contributed by atoms with E-state index in [9.17, 15) is 9.59 Å². The number of rotatable bonds is 3. The summed E-state index contributed by atoms with van der Waals surface area (Å²) >= 11 is 0. The molecule has 0 aromatic heterocycles. The van der Waals surface area contributed by atoms with Crippen molar-refractivity contribution >= 4 is 11.9 Å². The molecule has 0 aromatic carbocycles. The Kier molecular flexibility index (Phi) is 2.90. The first kappa shape index (κ1) is 10.0. The molecule has 0 spiro atoms. The van der Waals surface area contributed by atoms with Crippen LogP contribution in [-0.4, -0.2) is 25.7 Å². The molecule has 1 aliphatic rings. The first-order valence-corrected chi connectivity index (χ1v) is 4.43. The second kappa shape index (κ2) is 3.77. The zero-order valence-corrected chi connectivity index (χ0v) is 7.96. The maximum absolute atomic E-state index is 11.4. The maximum atomic E-state index is 11.4. The van der Waals surface area contributed by atoms with Gasteiger partial charge in [-0.15, -0.1) is 0 Å². The van der Waals surface area contributed by atoms with Crippen LogP contribution in [0.3, 0.4) is 0 Å². The molecule has 1 saturated carbocycles. The predicted octanol–water partition coefficient (Wildman–Crippen LogP) is 0.893. The van der Waals surface area contributed by atoms with E-state index in [0.29, 0.717) is 19.4 Å². The van der Waals surface area contributed by atoms with Crippen molar-refractivity contribution in [2.24, 2.45) is 5.41 Å². The molecule has 0 heterocycles. The Hall–Kier alpha value is -1.06. The van der Waals surface area contributed by atoms with Gasteiger partial charge in [0.05, 0.1) is 13.7 Å². The average molecular weight is 186 g/mol. The number of carbonyl (C=O) groups is 2. The first-order chi connectivity index (χ1) is 6.17. The molecule has 4 heteroatoms. The Morgan fingerprint density at radius 2 is 1.92 bits per heavy atom. The highest BCUT2D eigenvalue weighted by atomic mass is 16.6. The third kappa shape index (κ3) is 1.53. The lowest BCUT2D eigenvalue weighted by molar-refractivity contribution is -0.177. The van der Waals surface area contributed by atoms with Crippen LogP contribution in [0.5, 0.6) is 0 Å². The Labute approximate surface area is 77.2 Å². The highest BCUT2D eigenvalue weighted by Gasteiger charge is 2.53. The number of ether oxygens (including phenoxy) is 2. The average Bonchev–Trinajstić information content (AvgIpc) is 2.02. The minimum Gasteiger partial charge on any atom is -0.468 e. The summed E-state index contributed by atoms with van der Waals surface area (Å²) in [7, 11) is 1.29. The van der Waals surface area contributed by atoms with Gasteiger partial charge in [0, 0.05) is 0 Å². The van der Waals surface area contributed by atoms with Crippen molar-refractivity contribution in [3.8, 4) is 0 Å². The van der Waals surface area contributed by atoms with Gasteiger partial charge in [-0.1, -0.05) is 0 Å². The minimum absolute atomic E-state index is 0.303. The van der Waals surface area contributed by atoms with Gasteiger partial charge in [0.15, 0.2) is 5.41 Å². The number of hydrogen-bond donors (Lipinski definition) is 0. The Balaban J connectivity index is 2.69. The molecule has 0 aliphatic heterocycles. The van der Waals surface area contributed by atoms with Crippen LogP contribution in [0.25, 0.3) is 0 Å². The van der Waals surface area contributed by atoms with Gasteiger partial charge in [-0.25, -0.2) is 0 Å². The first-order valence-electron chi connectivity index (χ1n) is 4.43. The van der Waals surface area contributed by atoms with Crippen molar-refractivity contribution in [2.75, 3.05) is 13.7 Å². The summed E-state index contributed by atoms with van der Waals surface area (Å²) in [5, 5.41) is 0. The quantitative estimate of drug-likeness (QED) is 0.485. The topological polar surface area (TPSA) is 52.6 Å². The molecule has 0 atom stereocenters. The Morgan fingerprint density at radius 1 is 1.31 bits per heavy atom. The van der Waals surface area contributed by atoms with Crippen LogP contribution in [0.2, 0.25) is 0 Å². The van der Waals surface area contributed by atoms with Gasteiger partial charge in [-0.3, -0.25) is 9.59 Å². The van der Waals surface area contributed by atoms with Crippen molar-refractivity contribution in [1.29, 1.82) is 0 Å². The van der Waals surface area contributed by atoms with E-state index < -0.39 is 17.4 Å². The summed E-state index contributed by atoms with van der Waals surface area (Å²) in [6, 6.07) is 0. The maximum Gasteiger partial charge on any atom is 0.323 e. The summed E-state index contributed by atoms with van der Waals surface area (Å²) in [5.74, 6) is -0.898. The molecule has 0 saturated heterocycles. The lowest BCUT2D eigenvalue weighted by atomic mass is 9.69. The fraction of sp³-hybridized carbons (Fsp3) is 0.778. The SMILES string of the molecule is CCOC(=O)C1(C(=O)OC)CCC1. The van der Waals surface area contributed by atoms with Gasteiger partial charge in [0.25, 0.3) is 0 Å². The van der Waals surface area contributed by atoms with Crippen molar-refractivity contribution in [3.05, 3.63) is 0 Å². The van der Waals surface area contributed by atoms with Gasteiger partial charge in [-0.2, -0.15) is 0 Å². The Bertz CT molecular complexity index is 218. The second-order valence-electron chi connectivity index (χ2n) is 3.15. The van der Waals surface area contributed by atoms with E-state index in [1.54, 1.807) is 6.92 Å². The summed E-state index contributed by atoms with van der Waals surface area (Å²) in [6.07, 6.45) is 1.99. The van der Waals surface area contributed by atoms with Crippen molar-refractivity contribution in [2.45, 2.75) is 26.2 Å². The van der Waals surface area contributed by atoms with E-state index in [0.717, 1.165) is 6.42 Å². The van der Waals surface area contributed by atoms with E-state index in [1.807, 2.05) is 0 Å². The normalized spacial score (nSPS) is 18.6. The van der Waals surface area contributed by atoms with Crippen molar-refractivity contribution in [3.63, 3.8) is 0 Å². The highest BCUT2D eigenvalue weighted by molar-refractivity contribution is 6.00. The lowest BCUT2D eigenvalue weighted by Gasteiger charge is -2.35. The summed E-state index contributed by atoms with van der Waals surface area (Å²) < 4.78 is 9.42. The highest BCUT2D eigenvalue weighted by Crippen LogP contribution is 2.43. The van der Waals surface area contributed by atoms with Crippen molar-refractivity contribution < 1.29 is 19.1 Å². The van der Waals surface area contributed by atoms with Gasteiger partial charge in [0.2, 0.25) is 0 Å². The van der Waals surface area contributed by atoms with E-state index in [1.165, 1.54) is 7.11 Å². The van der Waals surface area contributed by atoms with Gasteiger partial charge in [0.1, 0.15) is 0 Å². The van der Waals surface area contributed by atoms with Crippen LogP contribution in [0.15, 0.2) is 0 Å². The molecule has 1 aliphatic carbocycles. The number of methoxy groups -OCH3 is 1. The van der Waals surface area contributed by atoms with Crippen LogP contribution in [0, 0.1) is 5.41 Å². The molecule has 0 bridgehead atoms. The van der Waals surface area contributed by atoms with Gasteiger partial charge in [-0.05, 0) is 26.2 Å². The van der Waals surface area contributed by atoms with Crippen LogP contribution < -0.4 is 0 Å². The van der Waals surface area contributed by atoms with Gasteiger partial charge < -0.3 is 9.47 Å². The Morgan fingerprint density at radius 3 is 2.23 bits per heavy atom. The largest absolute Gasteiger partial charge is 0.468 e. The molecule has 1 fully saturated rings. The fourth-order valence-electron chi connectivity index (χ4n) is 1.49. The molecule has 0 unspecified atom stereocenters. The third-order valence-corrected chi connectivity index (χ3v) is 2.45. The molecular weight excluding hydrogens is 172 g/mol. The molecule has 13 heavy (non-hydrogen) atoms. The van der Waals surface area contributed by atoms with Gasteiger partial charge >= 0.3 is 11.9 Å². The van der Waals surface area contributed by atoms with Crippen LogP contribution in [0.4, 0.5) is 0 Å². The van der Waals surface area contributed by atoms with E-state index in [-0.39, 0.29) is 0 Å². The lowest BCUT2D eigenvalue weighted by Crippen LogP contribution is -2.46. The van der Waals surface area contributed by atoms with Crippen LogP contribution in [-0.2, 0) is 19.1 Å². The van der Waals surface area contributed by atoms with Crippen LogP contribution in [0.1, 0.15) is 26.2 Å². The summed E-state index contributed by atoms with van der Waals surface area (Å²) in [4.78, 5) is 22.7. The minimum atomic E-state index is -0.981. The zero-order valence-electron chi connectivity index (χ0n) is 7.96. The number of esters is 2. The van der Waals surface area contributed by atoms with E-state index >= 15 is 0 Å². The molecular formula is C9H14O4.